The summed E-state index contributed by atoms with van der Waals surface area (Å²) in [5.41, 5.74) is -0.813. The van der Waals surface area contributed by atoms with E-state index >= 15 is 0 Å². The molecule has 0 saturated heterocycles. The SMILES string of the molecule is FC(F)(F)c1cc(Cl)nc(NCCCn2cccn2)c1. The van der Waals surface area contributed by atoms with E-state index in [-0.39, 0.29) is 11.0 Å². The highest BCUT2D eigenvalue weighted by Crippen LogP contribution is 2.31. The summed E-state index contributed by atoms with van der Waals surface area (Å²) in [5.74, 6) is 0.116. The standard InChI is InChI=1S/C12H12ClF3N4/c13-10-7-9(12(14,15)16)8-11(19-10)17-3-1-5-20-6-2-4-18-20/h2,4,6-8H,1,3,5H2,(H,17,19). The van der Waals surface area contributed by atoms with E-state index in [9.17, 15) is 13.2 Å². The monoisotopic (exact) mass is 304 g/mol. The van der Waals surface area contributed by atoms with E-state index in [4.69, 9.17) is 11.6 Å². The Kier molecular flexibility index (Phi) is 4.49. The highest BCUT2D eigenvalue weighted by atomic mass is 35.5. The van der Waals surface area contributed by atoms with E-state index < -0.39 is 11.7 Å². The lowest BCUT2D eigenvalue weighted by Gasteiger charge is -2.10. The highest BCUT2D eigenvalue weighted by molar-refractivity contribution is 6.29. The first kappa shape index (κ1) is 14.6. The second-order valence-electron chi connectivity index (χ2n) is 4.11. The van der Waals surface area contributed by atoms with Crippen LogP contribution in [0.25, 0.3) is 0 Å². The quantitative estimate of drug-likeness (QED) is 0.679. The second kappa shape index (κ2) is 6.13. The van der Waals surface area contributed by atoms with Crippen LogP contribution in [-0.2, 0) is 12.7 Å². The van der Waals surface area contributed by atoms with E-state index in [2.05, 4.69) is 15.4 Å². The minimum atomic E-state index is -4.43. The average Bonchev–Trinajstić information content (AvgIpc) is 2.86. The number of nitrogens with one attached hydrogen (secondary N) is 1. The summed E-state index contributed by atoms with van der Waals surface area (Å²) in [4.78, 5) is 3.81. The molecular weight excluding hydrogens is 293 g/mol. The Labute approximate surface area is 118 Å². The number of alkyl halides is 3. The number of halogens is 4. The van der Waals surface area contributed by atoms with Crippen LogP contribution in [0.5, 0.6) is 0 Å². The highest BCUT2D eigenvalue weighted by Gasteiger charge is 2.31. The maximum absolute atomic E-state index is 12.6. The molecule has 0 aliphatic rings. The topological polar surface area (TPSA) is 42.7 Å². The Morgan fingerprint density at radius 2 is 2.10 bits per heavy atom. The predicted octanol–water partition coefficient (Wildman–Crippen LogP) is 3.45. The molecule has 20 heavy (non-hydrogen) atoms. The third kappa shape index (κ3) is 4.12. The Morgan fingerprint density at radius 1 is 1.30 bits per heavy atom. The molecule has 1 N–H and O–H groups in total. The minimum absolute atomic E-state index is 0.116. The Morgan fingerprint density at radius 3 is 2.75 bits per heavy atom. The molecule has 0 unspecified atom stereocenters. The summed E-state index contributed by atoms with van der Waals surface area (Å²) in [6.07, 6.45) is -0.240. The van der Waals surface area contributed by atoms with Crippen LogP contribution >= 0.6 is 11.6 Å². The van der Waals surface area contributed by atoms with Crippen LogP contribution in [0, 0.1) is 0 Å². The summed E-state index contributed by atoms with van der Waals surface area (Å²) in [6, 6.07) is 3.55. The molecule has 0 aliphatic carbocycles. The van der Waals surface area contributed by atoms with E-state index in [0.717, 1.165) is 12.1 Å². The molecule has 4 nitrogen and oxygen atoms in total. The molecule has 108 valence electrons. The molecule has 0 radical (unpaired) electrons. The zero-order valence-electron chi connectivity index (χ0n) is 10.4. The molecule has 0 aromatic carbocycles. The predicted molar refractivity (Wildman–Crippen MR) is 69.6 cm³/mol. The number of pyridine rings is 1. The summed E-state index contributed by atoms with van der Waals surface area (Å²) >= 11 is 5.58. The van der Waals surface area contributed by atoms with Crippen molar-refractivity contribution < 1.29 is 13.2 Å². The van der Waals surface area contributed by atoms with Gasteiger partial charge >= 0.3 is 6.18 Å². The number of hydrogen-bond donors (Lipinski definition) is 1. The van der Waals surface area contributed by atoms with Crippen LogP contribution in [0.2, 0.25) is 5.15 Å². The third-order valence-electron chi connectivity index (χ3n) is 2.55. The van der Waals surface area contributed by atoms with Crippen LogP contribution in [0.1, 0.15) is 12.0 Å². The third-order valence-corrected chi connectivity index (χ3v) is 2.74. The summed E-state index contributed by atoms with van der Waals surface area (Å²) in [6.45, 7) is 1.15. The molecule has 0 amide bonds. The molecular formula is C12H12ClF3N4. The van der Waals surface area contributed by atoms with Crippen LogP contribution in [0.15, 0.2) is 30.6 Å². The molecule has 0 bridgehead atoms. The fourth-order valence-electron chi connectivity index (χ4n) is 1.64. The number of rotatable bonds is 5. The van der Waals surface area contributed by atoms with Gasteiger partial charge in [-0.3, -0.25) is 4.68 Å². The maximum atomic E-state index is 12.6. The van der Waals surface area contributed by atoms with Crippen molar-refractivity contribution in [3.05, 3.63) is 41.3 Å². The number of hydrogen-bond acceptors (Lipinski definition) is 3. The molecule has 2 aromatic rings. The van der Waals surface area contributed by atoms with Gasteiger partial charge in [-0.05, 0) is 24.6 Å². The van der Waals surface area contributed by atoms with E-state index in [1.54, 1.807) is 10.9 Å². The summed E-state index contributed by atoms with van der Waals surface area (Å²) in [7, 11) is 0. The van der Waals surface area contributed by atoms with Gasteiger partial charge in [-0.25, -0.2) is 4.98 Å². The smallest absolute Gasteiger partial charge is 0.370 e. The first-order valence-corrected chi connectivity index (χ1v) is 6.29. The van der Waals surface area contributed by atoms with E-state index in [0.29, 0.717) is 19.5 Å². The normalized spacial score (nSPS) is 11.6. The van der Waals surface area contributed by atoms with Gasteiger partial charge in [0.25, 0.3) is 0 Å². The fraction of sp³-hybridized carbons (Fsp3) is 0.333. The molecule has 2 heterocycles. The fourth-order valence-corrected chi connectivity index (χ4v) is 1.85. The van der Waals surface area contributed by atoms with Crippen molar-refractivity contribution in [2.75, 3.05) is 11.9 Å². The van der Waals surface area contributed by atoms with Gasteiger partial charge in [-0.2, -0.15) is 18.3 Å². The number of nitrogens with zero attached hydrogens (tertiary/aromatic N) is 3. The zero-order chi connectivity index (χ0) is 14.6. The lowest BCUT2D eigenvalue weighted by molar-refractivity contribution is -0.137. The van der Waals surface area contributed by atoms with E-state index in [1.165, 1.54) is 0 Å². The number of aryl methyl sites for hydroxylation is 1. The molecule has 0 atom stereocenters. The largest absolute Gasteiger partial charge is 0.416 e. The molecule has 0 saturated carbocycles. The lowest BCUT2D eigenvalue weighted by atomic mass is 10.2. The van der Waals surface area contributed by atoms with Crippen LogP contribution < -0.4 is 5.32 Å². The Bertz CT molecular complexity index is 554. The van der Waals surface area contributed by atoms with Gasteiger partial charge < -0.3 is 5.32 Å². The summed E-state index contributed by atoms with van der Waals surface area (Å²) in [5, 5.41) is 6.66. The maximum Gasteiger partial charge on any atom is 0.416 e. The van der Waals surface area contributed by atoms with Crippen molar-refractivity contribution in [2.45, 2.75) is 19.1 Å². The van der Waals surface area contributed by atoms with Crippen molar-refractivity contribution in [3.63, 3.8) is 0 Å². The van der Waals surface area contributed by atoms with Crippen molar-refractivity contribution in [1.29, 1.82) is 0 Å². The molecule has 2 aromatic heterocycles. The van der Waals surface area contributed by atoms with E-state index in [1.807, 2.05) is 12.3 Å². The first-order valence-electron chi connectivity index (χ1n) is 5.91. The van der Waals surface area contributed by atoms with Gasteiger partial charge in [0, 0.05) is 25.5 Å². The Hall–Kier alpha value is -1.76. The second-order valence-corrected chi connectivity index (χ2v) is 4.50. The number of aromatic nitrogens is 3. The van der Waals surface area contributed by atoms with Crippen molar-refractivity contribution >= 4 is 17.4 Å². The molecule has 0 spiro atoms. The van der Waals surface area contributed by atoms with Gasteiger partial charge in [-0.15, -0.1) is 0 Å². The van der Waals surface area contributed by atoms with Crippen LogP contribution in [-0.4, -0.2) is 21.3 Å². The van der Waals surface area contributed by atoms with Crippen LogP contribution in [0.3, 0.4) is 0 Å². The van der Waals surface area contributed by atoms with Gasteiger partial charge in [0.1, 0.15) is 11.0 Å². The average molecular weight is 305 g/mol. The van der Waals surface area contributed by atoms with Gasteiger partial charge in [0.05, 0.1) is 5.56 Å². The van der Waals surface area contributed by atoms with Gasteiger partial charge in [-0.1, -0.05) is 11.6 Å². The molecule has 2 rings (SSSR count). The molecule has 0 aliphatic heterocycles. The lowest BCUT2D eigenvalue weighted by Crippen LogP contribution is -2.10. The zero-order valence-corrected chi connectivity index (χ0v) is 11.1. The van der Waals surface area contributed by atoms with Crippen molar-refractivity contribution in [1.82, 2.24) is 14.8 Å². The number of anilines is 1. The first-order chi connectivity index (χ1) is 9.45. The van der Waals surface area contributed by atoms with Gasteiger partial charge in [0.15, 0.2) is 0 Å². The molecule has 8 heteroatoms. The van der Waals surface area contributed by atoms with Crippen molar-refractivity contribution in [3.8, 4) is 0 Å². The Balaban J connectivity index is 1.91. The summed E-state index contributed by atoms with van der Waals surface area (Å²) < 4.78 is 39.5. The minimum Gasteiger partial charge on any atom is -0.370 e. The van der Waals surface area contributed by atoms with Gasteiger partial charge in [0.2, 0.25) is 0 Å². The van der Waals surface area contributed by atoms with Crippen LogP contribution in [0.4, 0.5) is 19.0 Å². The molecule has 0 fully saturated rings. The van der Waals surface area contributed by atoms with Crippen molar-refractivity contribution in [2.24, 2.45) is 0 Å².